The Bertz CT molecular complexity index is 585. The van der Waals surface area contributed by atoms with Crippen LogP contribution in [0.4, 0.5) is 0 Å². The summed E-state index contributed by atoms with van der Waals surface area (Å²) in [6.07, 6.45) is 19.6. The molecule has 0 aromatic rings. The van der Waals surface area contributed by atoms with Gasteiger partial charge in [-0.3, -0.25) is 4.99 Å². The summed E-state index contributed by atoms with van der Waals surface area (Å²) in [6, 6.07) is 0. The average molecular weight is 326 g/mol. The van der Waals surface area contributed by atoms with Crippen LogP contribution < -0.4 is 0 Å². The lowest BCUT2D eigenvalue weighted by atomic mass is 9.89. The molecule has 3 heteroatoms. The molecule has 0 aromatic heterocycles. The molecule has 3 nitrogen and oxygen atoms in total. The fourth-order valence-electron chi connectivity index (χ4n) is 3.11. The van der Waals surface area contributed by atoms with Gasteiger partial charge in [0.2, 0.25) is 5.90 Å². The molecule has 0 saturated heterocycles. The van der Waals surface area contributed by atoms with Crippen molar-refractivity contribution in [3.8, 4) is 0 Å². The van der Waals surface area contributed by atoms with E-state index in [1.807, 2.05) is 32.9 Å². The molecule has 1 aliphatic carbocycles. The molecule has 1 heterocycles. The lowest BCUT2D eigenvalue weighted by molar-refractivity contribution is 0.356. The Morgan fingerprint density at radius 3 is 2.71 bits per heavy atom. The SMILES string of the molecule is C\C=C/C(=C\C=C\C1CCCCC1)C1=N/C(=C/C)C(=NCC)OC1. The average Bonchev–Trinajstić information content (AvgIpc) is 2.62. The molecule has 0 aromatic carbocycles. The van der Waals surface area contributed by atoms with Crippen LogP contribution in [-0.4, -0.2) is 24.8 Å². The Kier molecular flexibility index (Phi) is 7.73. The summed E-state index contributed by atoms with van der Waals surface area (Å²) < 4.78 is 5.81. The minimum absolute atomic E-state index is 0.476. The van der Waals surface area contributed by atoms with Gasteiger partial charge in [-0.2, -0.15) is 0 Å². The highest BCUT2D eigenvalue weighted by atomic mass is 16.5. The fraction of sp³-hybridized carbons (Fsp3) is 0.524. The quantitative estimate of drug-likeness (QED) is 0.621. The van der Waals surface area contributed by atoms with E-state index >= 15 is 0 Å². The number of rotatable bonds is 5. The van der Waals surface area contributed by atoms with E-state index in [2.05, 4.69) is 29.3 Å². The van der Waals surface area contributed by atoms with Crippen LogP contribution in [0.15, 0.2) is 57.7 Å². The van der Waals surface area contributed by atoms with E-state index in [1.165, 1.54) is 32.1 Å². The highest BCUT2D eigenvalue weighted by Crippen LogP contribution is 2.24. The smallest absolute Gasteiger partial charge is 0.235 e. The van der Waals surface area contributed by atoms with Crippen molar-refractivity contribution < 1.29 is 4.74 Å². The summed E-state index contributed by atoms with van der Waals surface area (Å²) in [5, 5.41) is 0. The summed E-state index contributed by atoms with van der Waals surface area (Å²) in [4.78, 5) is 9.12. The van der Waals surface area contributed by atoms with Gasteiger partial charge in [-0.25, -0.2) is 4.99 Å². The molecule has 0 bridgehead atoms. The first-order valence-electron chi connectivity index (χ1n) is 9.21. The van der Waals surface area contributed by atoms with Gasteiger partial charge in [-0.15, -0.1) is 0 Å². The maximum absolute atomic E-state index is 5.81. The van der Waals surface area contributed by atoms with E-state index < -0.39 is 0 Å². The largest absolute Gasteiger partial charge is 0.470 e. The van der Waals surface area contributed by atoms with Gasteiger partial charge in [0.15, 0.2) is 0 Å². The Morgan fingerprint density at radius 1 is 1.25 bits per heavy atom. The van der Waals surface area contributed by atoms with Crippen LogP contribution >= 0.6 is 0 Å². The van der Waals surface area contributed by atoms with Crippen molar-refractivity contribution in [3.63, 3.8) is 0 Å². The zero-order valence-electron chi connectivity index (χ0n) is 15.3. The monoisotopic (exact) mass is 326 g/mol. The van der Waals surface area contributed by atoms with Gasteiger partial charge >= 0.3 is 0 Å². The second kappa shape index (κ2) is 10.1. The summed E-state index contributed by atoms with van der Waals surface area (Å²) in [6.45, 7) is 7.19. The molecule has 1 saturated carbocycles. The van der Waals surface area contributed by atoms with E-state index in [1.54, 1.807) is 0 Å². The second-order valence-corrected chi connectivity index (χ2v) is 6.21. The Balaban J connectivity index is 2.16. The van der Waals surface area contributed by atoms with Crippen molar-refractivity contribution in [2.24, 2.45) is 15.9 Å². The molecular formula is C21H30N2O. The van der Waals surface area contributed by atoms with Gasteiger partial charge in [0.05, 0.1) is 5.71 Å². The summed E-state index contributed by atoms with van der Waals surface area (Å²) in [5.74, 6) is 1.39. The molecule has 0 spiro atoms. The first kappa shape index (κ1) is 18.4. The van der Waals surface area contributed by atoms with Crippen molar-refractivity contribution in [2.75, 3.05) is 13.2 Å². The summed E-state index contributed by atoms with van der Waals surface area (Å²) in [5.41, 5.74) is 2.90. The number of allylic oxidation sites excluding steroid dienone is 6. The molecule has 0 unspecified atom stereocenters. The molecule has 130 valence electrons. The fourth-order valence-corrected chi connectivity index (χ4v) is 3.11. The number of aliphatic imine (C=N–C) groups is 2. The Labute approximate surface area is 146 Å². The molecule has 0 N–H and O–H groups in total. The Hall–Kier alpha value is -1.90. The maximum Gasteiger partial charge on any atom is 0.235 e. The van der Waals surface area contributed by atoms with Crippen molar-refractivity contribution in [1.29, 1.82) is 0 Å². The molecule has 0 amide bonds. The molecule has 1 aliphatic heterocycles. The predicted octanol–water partition coefficient (Wildman–Crippen LogP) is 5.42. The molecule has 0 radical (unpaired) electrons. The lowest BCUT2D eigenvalue weighted by Crippen LogP contribution is -2.23. The third-order valence-corrected chi connectivity index (χ3v) is 4.38. The van der Waals surface area contributed by atoms with Gasteiger partial charge in [0.25, 0.3) is 0 Å². The van der Waals surface area contributed by atoms with Crippen molar-refractivity contribution >= 4 is 11.6 Å². The zero-order valence-corrected chi connectivity index (χ0v) is 15.3. The maximum atomic E-state index is 5.81. The van der Waals surface area contributed by atoms with E-state index in [0.29, 0.717) is 19.0 Å². The van der Waals surface area contributed by atoms with Crippen LogP contribution in [-0.2, 0) is 4.74 Å². The molecule has 24 heavy (non-hydrogen) atoms. The van der Waals surface area contributed by atoms with Gasteiger partial charge in [-0.1, -0.05) is 55.7 Å². The van der Waals surface area contributed by atoms with Gasteiger partial charge in [0.1, 0.15) is 12.3 Å². The highest BCUT2D eigenvalue weighted by molar-refractivity contribution is 6.10. The van der Waals surface area contributed by atoms with Gasteiger partial charge in [-0.05, 0) is 45.1 Å². The first-order chi connectivity index (χ1) is 11.8. The summed E-state index contributed by atoms with van der Waals surface area (Å²) in [7, 11) is 0. The molecule has 1 fully saturated rings. The lowest BCUT2D eigenvalue weighted by Gasteiger charge is -2.19. The van der Waals surface area contributed by atoms with Gasteiger partial charge < -0.3 is 4.74 Å². The van der Waals surface area contributed by atoms with Crippen LogP contribution in [0.1, 0.15) is 52.9 Å². The highest BCUT2D eigenvalue weighted by Gasteiger charge is 2.17. The van der Waals surface area contributed by atoms with E-state index in [4.69, 9.17) is 9.73 Å². The second-order valence-electron chi connectivity index (χ2n) is 6.21. The van der Waals surface area contributed by atoms with E-state index in [0.717, 1.165) is 22.9 Å². The zero-order chi connectivity index (χ0) is 17.2. The molecular weight excluding hydrogens is 296 g/mol. The van der Waals surface area contributed by atoms with E-state index in [9.17, 15) is 0 Å². The number of ether oxygens (including phenoxy) is 1. The van der Waals surface area contributed by atoms with Crippen molar-refractivity contribution in [2.45, 2.75) is 52.9 Å². The minimum Gasteiger partial charge on any atom is -0.470 e. The van der Waals surface area contributed by atoms with Crippen LogP contribution in [0.25, 0.3) is 0 Å². The molecule has 2 aliphatic rings. The van der Waals surface area contributed by atoms with E-state index in [-0.39, 0.29) is 0 Å². The topological polar surface area (TPSA) is 34.0 Å². The molecule has 0 atom stereocenters. The standard InChI is InChI=1S/C21H30N2O/c1-4-11-18(15-10-14-17-12-8-7-9-13-17)20-16-24-21(22-6-3)19(5-2)23-20/h4-5,10-11,14-15,17H,6-9,12-13,16H2,1-3H3/b11-4-,14-10+,18-15+,19-5+,22-21?. The van der Waals surface area contributed by atoms with Crippen LogP contribution in [0.5, 0.6) is 0 Å². The summed E-state index contributed by atoms with van der Waals surface area (Å²) >= 11 is 0. The third-order valence-electron chi connectivity index (χ3n) is 4.38. The number of hydrogen-bond acceptors (Lipinski definition) is 3. The van der Waals surface area contributed by atoms with Crippen LogP contribution in [0.2, 0.25) is 0 Å². The Morgan fingerprint density at radius 2 is 2.04 bits per heavy atom. The van der Waals surface area contributed by atoms with Gasteiger partial charge in [0, 0.05) is 6.54 Å². The number of hydrogen-bond donors (Lipinski definition) is 0. The molecule has 2 rings (SSSR count). The first-order valence-corrected chi connectivity index (χ1v) is 9.21. The number of nitrogens with zero attached hydrogens (tertiary/aromatic N) is 2. The third kappa shape index (κ3) is 5.33. The predicted molar refractivity (Wildman–Crippen MR) is 104 cm³/mol. The van der Waals surface area contributed by atoms with Crippen LogP contribution in [0, 0.1) is 5.92 Å². The van der Waals surface area contributed by atoms with Crippen molar-refractivity contribution in [3.05, 3.63) is 47.7 Å². The van der Waals surface area contributed by atoms with Crippen molar-refractivity contribution in [1.82, 2.24) is 0 Å². The van der Waals surface area contributed by atoms with Crippen LogP contribution in [0.3, 0.4) is 0 Å². The normalized spacial score (nSPS) is 24.1. The minimum atomic E-state index is 0.476.